The van der Waals surface area contributed by atoms with E-state index in [1.165, 1.54) is 5.56 Å². The molecule has 0 radical (unpaired) electrons. The molecule has 0 unspecified atom stereocenters. The molecule has 1 N–H and O–H groups in total. The number of benzene rings is 1. The number of piperidine rings is 1. The van der Waals surface area contributed by atoms with Crippen molar-refractivity contribution in [3.8, 4) is 0 Å². The molecule has 0 saturated carbocycles. The van der Waals surface area contributed by atoms with Gasteiger partial charge in [0.25, 0.3) is 0 Å². The van der Waals surface area contributed by atoms with Gasteiger partial charge in [0.05, 0.1) is 0 Å². The molecule has 1 fully saturated rings. The maximum atomic E-state index is 13.2. The topological polar surface area (TPSA) is 15.3 Å². The SMILES string of the molecule is CN(C)c1cc(F)ccc1C1CCNCC1. The van der Waals surface area contributed by atoms with E-state index in [0.29, 0.717) is 5.92 Å². The Bertz CT molecular complexity index is 357. The van der Waals surface area contributed by atoms with Gasteiger partial charge in [-0.05, 0) is 49.5 Å². The van der Waals surface area contributed by atoms with Crippen LogP contribution >= 0.6 is 0 Å². The molecule has 1 aromatic rings. The second-order valence-corrected chi connectivity index (χ2v) is 4.62. The third kappa shape index (κ3) is 2.35. The van der Waals surface area contributed by atoms with E-state index in [0.717, 1.165) is 31.6 Å². The highest BCUT2D eigenvalue weighted by atomic mass is 19.1. The van der Waals surface area contributed by atoms with Gasteiger partial charge in [-0.25, -0.2) is 4.39 Å². The van der Waals surface area contributed by atoms with Crippen molar-refractivity contribution in [2.45, 2.75) is 18.8 Å². The summed E-state index contributed by atoms with van der Waals surface area (Å²) in [6.45, 7) is 2.13. The normalized spacial score (nSPS) is 17.4. The lowest BCUT2D eigenvalue weighted by atomic mass is 9.89. The standard InChI is InChI=1S/C13H19FN2/c1-16(2)13-9-11(14)3-4-12(13)10-5-7-15-8-6-10/h3-4,9-10,15H,5-8H2,1-2H3. The van der Waals surface area contributed by atoms with Crippen LogP contribution in [-0.4, -0.2) is 27.2 Å². The number of hydrogen-bond donors (Lipinski definition) is 1. The Morgan fingerprint density at radius 2 is 1.94 bits per heavy atom. The summed E-state index contributed by atoms with van der Waals surface area (Å²) in [5.74, 6) is 0.417. The van der Waals surface area contributed by atoms with Crippen LogP contribution < -0.4 is 10.2 Å². The van der Waals surface area contributed by atoms with Crippen LogP contribution in [0.2, 0.25) is 0 Å². The molecular formula is C13H19FN2. The lowest BCUT2D eigenvalue weighted by Gasteiger charge is -2.27. The van der Waals surface area contributed by atoms with Gasteiger partial charge in [-0.15, -0.1) is 0 Å². The predicted octanol–water partition coefficient (Wildman–Crippen LogP) is 2.36. The first-order valence-electron chi connectivity index (χ1n) is 5.86. The van der Waals surface area contributed by atoms with E-state index in [2.05, 4.69) is 5.32 Å². The fraction of sp³-hybridized carbons (Fsp3) is 0.538. The predicted molar refractivity (Wildman–Crippen MR) is 65.6 cm³/mol. The van der Waals surface area contributed by atoms with Crippen molar-refractivity contribution in [3.63, 3.8) is 0 Å². The second kappa shape index (κ2) is 4.83. The first kappa shape index (κ1) is 11.4. The molecule has 2 rings (SSSR count). The third-order valence-electron chi connectivity index (χ3n) is 3.25. The molecule has 3 heteroatoms. The summed E-state index contributed by atoms with van der Waals surface area (Å²) >= 11 is 0. The lowest BCUT2D eigenvalue weighted by Crippen LogP contribution is -2.27. The average molecular weight is 222 g/mol. The fourth-order valence-electron chi connectivity index (χ4n) is 2.38. The number of hydrogen-bond acceptors (Lipinski definition) is 2. The summed E-state index contributed by atoms with van der Waals surface area (Å²) < 4.78 is 13.2. The number of nitrogens with zero attached hydrogens (tertiary/aromatic N) is 1. The van der Waals surface area contributed by atoms with Crippen LogP contribution in [0.15, 0.2) is 18.2 Å². The number of anilines is 1. The van der Waals surface area contributed by atoms with E-state index >= 15 is 0 Å². The molecule has 0 amide bonds. The summed E-state index contributed by atoms with van der Waals surface area (Å²) in [7, 11) is 3.94. The van der Waals surface area contributed by atoms with Crippen molar-refractivity contribution in [2.75, 3.05) is 32.1 Å². The Kier molecular flexibility index (Phi) is 3.44. The Morgan fingerprint density at radius 3 is 2.56 bits per heavy atom. The van der Waals surface area contributed by atoms with Gasteiger partial charge in [-0.2, -0.15) is 0 Å². The van der Waals surface area contributed by atoms with Gasteiger partial charge in [0.1, 0.15) is 5.82 Å². The zero-order valence-electron chi connectivity index (χ0n) is 9.96. The van der Waals surface area contributed by atoms with Gasteiger partial charge in [-0.3, -0.25) is 0 Å². The highest BCUT2D eigenvalue weighted by molar-refractivity contribution is 5.54. The van der Waals surface area contributed by atoms with Gasteiger partial charge < -0.3 is 10.2 Å². The van der Waals surface area contributed by atoms with Crippen molar-refractivity contribution in [1.82, 2.24) is 5.32 Å². The van der Waals surface area contributed by atoms with E-state index < -0.39 is 0 Å². The van der Waals surface area contributed by atoms with Crippen LogP contribution in [0, 0.1) is 5.82 Å². The minimum absolute atomic E-state index is 0.151. The van der Waals surface area contributed by atoms with Crippen molar-refractivity contribution >= 4 is 5.69 Å². The molecule has 0 atom stereocenters. The van der Waals surface area contributed by atoms with E-state index in [1.54, 1.807) is 12.1 Å². The molecule has 0 bridgehead atoms. The maximum Gasteiger partial charge on any atom is 0.125 e. The van der Waals surface area contributed by atoms with Crippen molar-refractivity contribution in [2.24, 2.45) is 0 Å². The van der Waals surface area contributed by atoms with Crippen molar-refractivity contribution in [1.29, 1.82) is 0 Å². The zero-order valence-corrected chi connectivity index (χ0v) is 9.96. The van der Waals surface area contributed by atoms with Gasteiger partial charge in [0.15, 0.2) is 0 Å². The first-order chi connectivity index (χ1) is 7.68. The fourth-order valence-corrected chi connectivity index (χ4v) is 2.38. The number of halogens is 1. The van der Waals surface area contributed by atoms with Gasteiger partial charge in [-0.1, -0.05) is 6.07 Å². The van der Waals surface area contributed by atoms with Crippen LogP contribution in [0.1, 0.15) is 24.3 Å². The van der Waals surface area contributed by atoms with Gasteiger partial charge in [0.2, 0.25) is 0 Å². The molecular weight excluding hydrogens is 203 g/mol. The van der Waals surface area contributed by atoms with E-state index in [-0.39, 0.29) is 5.82 Å². The Morgan fingerprint density at radius 1 is 1.25 bits per heavy atom. The van der Waals surface area contributed by atoms with Crippen LogP contribution in [-0.2, 0) is 0 Å². The molecule has 1 aromatic carbocycles. The molecule has 0 aromatic heterocycles. The second-order valence-electron chi connectivity index (χ2n) is 4.62. The van der Waals surface area contributed by atoms with Crippen molar-refractivity contribution < 1.29 is 4.39 Å². The quantitative estimate of drug-likeness (QED) is 0.826. The van der Waals surface area contributed by atoms with Crippen molar-refractivity contribution in [3.05, 3.63) is 29.6 Å². The summed E-state index contributed by atoms with van der Waals surface area (Å²) in [6, 6.07) is 5.16. The molecule has 0 aliphatic carbocycles. The van der Waals surface area contributed by atoms with Gasteiger partial charge in [0, 0.05) is 19.8 Å². The highest BCUT2D eigenvalue weighted by Gasteiger charge is 2.19. The van der Waals surface area contributed by atoms with Crippen LogP contribution in [0.4, 0.5) is 10.1 Å². The minimum Gasteiger partial charge on any atom is -0.377 e. The monoisotopic (exact) mass is 222 g/mol. The largest absolute Gasteiger partial charge is 0.377 e. The summed E-state index contributed by atoms with van der Waals surface area (Å²) in [5, 5.41) is 3.36. The lowest BCUT2D eigenvalue weighted by molar-refractivity contribution is 0.460. The van der Waals surface area contributed by atoms with Gasteiger partial charge >= 0.3 is 0 Å². The van der Waals surface area contributed by atoms with Crippen LogP contribution in [0.3, 0.4) is 0 Å². The minimum atomic E-state index is -0.151. The average Bonchev–Trinajstić information content (AvgIpc) is 2.30. The molecule has 0 spiro atoms. The van der Waals surface area contributed by atoms with E-state index in [1.807, 2.05) is 25.1 Å². The summed E-state index contributed by atoms with van der Waals surface area (Å²) in [6.07, 6.45) is 2.29. The van der Waals surface area contributed by atoms with E-state index in [4.69, 9.17) is 0 Å². The number of rotatable bonds is 2. The van der Waals surface area contributed by atoms with E-state index in [9.17, 15) is 4.39 Å². The zero-order chi connectivity index (χ0) is 11.5. The van der Waals surface area contributed by atoms with Crippen LogP contribution in [0.5, 0.6) is 0 Å². The molecule has 1 heterocycles. The van der Waals surface area contributed by atoms with Crippen LogP contribution in [0.25, 0.3) is 0 Å². The summed E-state index contributed by atoms with van der Waals surface area (Å²) in [4.78, 5) is 2.00. The first-order valence-corrected chi connectivity index (χ1v) is 5.86. The molecule has 2 nitrogen and oxygen atoms in total. The smallest absolute Gasteiger partial charge is 0.125 e. The summed E-state index contributed by atoms with van der Waals surface area (Å²) in [5.41, 5.74) is 2.31. The molecule has 88 valence electrons. The molecule has 16 heavy (non-hydrogen) atoms. The number of nitrogens with one attached hydrogen (secondary N) is 1. The molecule has 1 aliphatic rings. The Labute approximate surface area is 96.5 Å². The molecule has 1 saturated heterocycles. The Balaban J connectivity index is 2.31. The third-order valence-corrected chi connectivity index (χ3v) is 3.25. The highest BCUT2D eigenvalue weighted by Crippen LogP contribution is 2.32. The molecule has 1 aliphatic heterocycles. The maximum absolute atomic E-state index is 13.2. The Hall–Kier alpha value is -1.09.